The Balaban J connectivity index is 1.93. The molecule has 1 atom stereocenters. The Morgan fingerprint density at radius 3 is 2.83 bits per heavy atom. The van der Waals surface area contributed by atoms with Crippen molar-refractivity contribution in [3.05, 3.63) is 35.4 Å². The molecule has 1 fully saturated rings. The predicted molar refractivity (Wildman–Crippen MR) is 69.7 cm³/mol. The van der Waals surface area contributed by atoms with Crippen LogP contribution in [0.15, 0.2) is 18.2 Å². The van der Waals surface area contributed by atoms with Crippen molar-refractivity contribution in [1.82, 2.24) is 4.90 Å². The molecule has 0 saturated carbocycles. The number of nitrogens with zero attached hydrogens (tertiary/aromatic N) is 1. The molecule has 1 aliphatic heterocycles. The quantitative estimate of drug-likeness (QED) is 0.754. The second kappa shape index (κ2) is 6.48. The second-order valence-corrected chi connectivity index (χ2v) is 5.35. The fourth-order valence-corrected chi connectivity index (χ4v) is 2.89. The van der Waals surface area contributed by atoms with E-state index in [4.69, 9.17) is 11.6 Å². The van der Waals surface area contributed by atoms with Crippen molar-refractivity contribution in [2.45, 2.75) is 25.8 Å². The molecule has 100 valence electrons. The van der Waals surface area contributed by atoms with E-state index in [1.807, 2.05) is 0 Å². The molecule has 4 heteroatoms. The van der Waals surface area contributed by atoms with Gasteiger partial charge in [-0.1, -0.05) is 6.07 Å². The Morgan fingerprint density at radius 1 is 1.28 bits per heavy atom. The highest BCUT2D eigenvalue weighted by atomic mass is 35.5. The second-order valence-electron chi connectivity index (χ2n) is 4.97. The molecule has 1 unspecified atom stereocenters. The third-order valence-electron chi connectivity index (χ3n) is 3.51. The number of hydrogen-bond donors (Lipinski definition) is 0. The standard InChI is InChI=1S/C14H18ClF2N/c15-6-5-11-2-1-7-18(9-11)10-12-3-4-13(16)14(17)8-12/h3-4,8,11H,1-2,5-7,9-10H2. The first-order chi connectivity index (χ1) is 8.69. The topological polar surface area (TPSA) is 3.24 Å². The molecule has 18 heavy (non-hydrogen) atoms. The van der Waals surface area contributed by atoms with Crippen LogP contribution in [0.4, 0.5) is 8.78 Å². The van der Waals surface area contributed by atoms with Crippen LogP contribution in [-0.2, 0) is 6.54 Å². The van der Waals surface area contributed by atoms with E-state index in [9.17, 15) is 8.78 Å². The van der Waals surface area contributed by atoms with Gasteiger partial charge in [-0.15, -0.1) is 11.6 Å². The summed E-state index contributed by atoms with van der Waals surface area (Å²) in [5, 5.41) is 0. The van der Waals surface area contributed by atoms with Crippen molar-refractivity contribution in [2.75, 3.05) is 19.0 Å². The molecule has 1 aromatic carbocycles. The summed E-state index contributed by atoms with van der Waals surface area (Å²) >= 11 is 5.77. The molecular formula is C14H18ClF2N. The van der Waals surface area contributed by atoms with Gasteiger partial charge in [0, 0.05) is 19.0 Å². The van der Waals surface area contributed by atoms with Gasteiger partial charge in [-0.05, 0) is 49.4 Å². The SMILES string of the molecule is Fc1ccc(CN2CCCC(CCCl)C2)cc1F. The summed E-state index contributed by atoms with van der Waals surface area (Å²) in [6.45, 7) is 2.72. The molecule has 0 radical (unpaired) electrons. The van der Waals surface area contributed by atoms with Crippen LogP contribution in [0.3, 0.4) is 0 Å². The number of likely N-dealkylation sites (tertiary alicyclic amines) is 1. The van der Waals surface area contributed by atoms with E-state index < -0.39 is 11.6 Å². The van der Waals surface area contributed by atoms with Crippen molar-refractivity contribution in [2.24, 2.45) is 5.92 Å². The smallest absolute Gasteiger partial charge is 0.159 e. The maximum absolute atomic E-state index is 13.1. The average Bonchev–Trinajstić information content (AvgIpc) is 2.35. The molecule has 0 aliphatic carbocycles. The van der Waals surface area contributed by atoms with Crippen LogP contribution in [0.2, 0.25) is 0 Å². The number of rotatable bonds is 4. The van der Waals surface area contributed by atoms with Gasteiger partial charge in [-0.3, -0.25) is 4.90 Å². The number of halogens is 3. The largest absolute Gasteiger partial charge is 0.299 e. The lowest BCUT2D eigenvalue weighted by Gasteiger charge is -2.32. The summed E-state index contributed by atoms with van der Waals surface area (Å²) in [6.07, 6.45) is 3.42. The van der Waals surface area contributed by atoms with E-state index in [0.717, 1.165) is 31.5 Å². The molecular weight excluding hydrogens is 256 g/mol. The van der Waals surface area contributed by atoms with Gasteiger partial charge in [-0.25, -0.2) is 8.78 Å². The van der Waals surface area contributed by atoms with E-state index in [1.54, 1.807) is 6.07 Å². The minimum Gasteiger partial charge on any atom is -0.299 e. The highest BCUT2D eigenvalue weighted by Gasteiger charge is 2.19. The Hall–Kier alpha value is -0.670. The molecule has 0 N–H and O–H groups in total. The maximum Gasteiger partial charge on any atom is 0.159 e. The predicted octanol–water partition coefficient (Wildman–Crippen LogP) is 3.81. The third kappa shape index (κ3) is 3.66. The van der Waals surface area contributed by atoms with Gasteiger partial charge in [0.1, 0.15) is 0 Å². The van der Waals surface area contributed by atoms with Crippen LogP contribution in [-0.4, -0.2) is 23.9 Å². The van der Waals surface area contributed by atoms with Crippen LogP contribution in [0.25, 0.3) is 0 Å². The van der Waals surface area contributed by atoms with E-state index in [-0.39, 0.29) is 0 Å². The summed E-state index contributed by atoms with van der Waals surface area (Å²) in [6, 6.07) is 4.15. The van der Waals surface area contributed by atoms with Crippen molar-refractivity contribution in [1.29, 1.82) is 0 Å². The van der Waals surface area contributed by atoms with E-state index in [2.05, 4.69) is 4.90 Å². The average molecular weight is 274 g/mol. The first kappa shape index (κ1) is 13.8. The van der Waals surface area contributed by atoms with Gasteiger partial charge in [0.05, 0.1) is 0 Å². The summed E-state index contributed by atoms with van der Waals surface area (Å²) < 4.78 is 26.0. The van der Waals surface area contributed by atoms with E-state index in [0.29, 0.717) is 18.3 Å². The fraction of sp³-hybridized carbons (Fsp3) is 0.571. The number of alkyl halides is 1. The van der Waals surface area contributed by atoms with E-state index >= 15 is 0 Å². The van der Waals surface area contributed by atoms with Crippen LogP contribution >= 0.6 is 11.6 Å². The summed E-state index contributed by atoms with van der Waals surface area (Å²) in [5.41, 5.74) is 0.834. The zero-order chi connectivity index (χ0) is 13.0. The normalized spacial score (nSPS) is 21.2. The zero-order valence-corrected chi connectivity index (χ0v) is 11.1. The lowest BCUT2D eigenvalue weighted by atomic mass is 9.95. The van der Waals surface area contributed by atoms with Gasteiger partial charge >= 0.3 is 0 Å². The lowest BCUT2D eigenvalue weighted by Crippen LogP contribution is -2.35. The summed E-state index contributed by atoms with van der Waals surface area (Å²) in [5.74, 6) is -0.204. The van der Waals surface area contributed by atoms with Crippen LogP contribution in [0.5, 0.6) is 0 Å². The number of piperidine rings is 1. The third-order valence-corrected chi connectivity index (χ3v) is 3.73. The van der Waals surface area contributed by atoms with Crippen LogP contribution in [0, 0.1) is 17.6 Å². The highest BCUT2D eigenvalue weighted by Crippen LogP contribution is 2.22. The molecule has 0 spiro atoms. The Labute approximate surface area is 112 Å². The Morgan fingerprint density at radius 2 is 2.11 bits per heavy atom. The van der Waals surface area contributed by atoms with Crippen LogP contribution in [0.1, 0.15) is 24.8 Å². The zero-order valence-electron chi connectivity index (χ0n) is 10.3. The Bertz CT molecular complexity index is 395. The molecule has 1 nitrogen and oxygen atoms in total. The first-order valence-corrected chi connectivity index (χ1v) is 6.94. The van der Waals surface area contributed by atoms with E-state index in [1.165, 1.54) is 18.6 Å². The number of hydrogen-bond acceptors (Lipinski definition) is 1. The molecule has 1 saturated heterocycles. The van der Waals surface area contributed by atoms with Gasteiger partial charge in [0.25, 0.3) is 0 Å². The van der Waals surface area contributed by atoms with Gasteiger partial charge < -0.3 is 0 Å². The first-order valence-electron chi connectivity index (χ1n) is 6.41. The van der Waals surface area contributed by atoms with Crippen LogP contribution < -0.4 is 0 Å². The van der Waals surface area contributed by atoms with Crippen molar-refractivity contribution in [3.63, 3.8) is 0 Å². The molecule has 2 rings (SSSR count). The number of benzene rings is 1. The van der Waals surface area contributed by atoms with Crippen molar-refractivity contribution < 1.29 is 8.78 Å². The maximum atomic E-state index is 13.1. The minimum atomic E-state index is -0.780. The van der Waals surface area contributed by atoms with Gasteiger partial charge in [-0.2, -0.15) is 0 Å². The van der Waals surface area contributed by atoms with Crippen molar-refractivity contribution >= 4 is 11.6 Å². The molecule has 1 heterocycles. The monoisotopic (exact) mass is 273 g/mol. The molecule has 0 aromatic heterocycles. The minimum absolute atomic E-state index is 0.640. The molecule has 0 bridgehead atoms. The molecule has 0 amide bonds. The van der Waals surface area contributed by atoms with Gasteiger partial charge in [0.15, 0.2) is 11.6 Å². The molecule has 1 aromatic rings. The summed E-state index contributed by atoms with van der Waals surface area (Å²) in [4.78, 5) is 2.30. The molecule has 1 aliphatic rings. The lowest BCUT2D eigenvalue weighted by molar-refractivity contribution is 0.165. The summed E-state index contributed by atoms with van der Waals surface area (Å²) in [7, 11) is 0. The highest BCUT2D eigenvalue weighted by molar-refractivity contribution is 6.17. The van der Waals surface area contributed by atoms with Crippen molar-refractivity contribution in [3.8, 4) is 0 Å². The van der Waals surface area contributed by atoms with Gasteiger partial charge in [0.2, 0.25) is 0 Å². The fourth-order valence-electron chi connectivity index (χ4n) is 2.58. The Kier molecular flexibility index (Phi) is 4.95.